The zero-order valence-electron chi connectivity index (χ0n) is 8.26. The second-order valence-electron chi connectivity index (χ2n) is 2.81. The van der Waals surface area contributed by atoms with E-state index in [9.17, 15) is 9.59 Å². The van der Waals surface area contributed by atoms with E-state index in [1.54, 1.807) is 0 Å². The Balaban J connectivity index is 3.25. The van der Waals surface area contributed by atoms with Gasteiger partial charge in [0.1, 0.15) is 0 Å². The molecule has 0 bridgehead atoms. The summed E-state index contributed by atoms with van der Waals surface area (Å²) in [6, 6.07) is 0. The molecule has 0 radical (unpaired) electrons. The minimum Gasteiger partial charge on any atom is -0.466 e. The first-order chi connectivity index (χ1) is 6.16. The molecule has 0 aliphatic heterocycles. The molecule has 0 rings (SSSR count). The van der Waals surface area contributed by atoms with Gasteiger partial charge in [-0.3, -0.25) is 9.59 Å². The van der Waals surface area contributed by atoms with E-state index in [4.69, 9.17) is 4.74 Å². The Morgan fingerprint density at radius 1 is 1.38 bits per heavy atom. The zero-order valence-corrected chi connectivity index (χ0v) is 8.26. The summed E-state index contributed by atoms with van der Waals surface area (Å²) < 4.78 is 4.87. The van der Waals surface area contributed by atoms with E-state index in [0.717, 1.165) is 12.8 Å². The molecule has 0 atom stereocenters. The first kappa shape index (κ1) is 11.9. The number of hydrogen-bond donors (Lipinski definition) is 1. The van der Waals surface area contributed by atoms with Crippen LogP contribution in [0.4, 0.5) is 0 Å². The predicted molar refractivity (Wildman–Crippen MR) is 49.2 cm³/mol. The van der Waals surface area contributed by atoms with Crippen molar-refractivity contribution in [2.75, 3.05) is 13.2 Å². The number of esters is 1. The van der Waals surface area contributed by atoms with Crippen LogP contribution in [0.3, 0.4) is 0 Å². The van der Waals surface area contributed by atoms with E-state index in [1.165, 1.54) is 6.92 Å². The highest BCUT2D eigenvalue weighted by atomic mass is 16.5. The average molecular weight is 187 g/mol. The quantitative estimate of drug-likeness (QED) is 0.495. The Kier molecular flexibility index (Phi) is 6.96. The van der Waals surface area contributed by atoms with Crippen LogP contribution in [-0.4, -0.2) is 25.0 Å². The molecule has 13 heavy (non-hydrogen) atoms. The maximum Gasteiger partial charge on any atom is 0.307 e. The molecule has 0 unspecified atom stereocenters. The molecular formula is C9H17NO3. The van der Waals surface area contributed by atoms with Gasteiger partial charge in [-0.15, -0.1) is 0 Å². The number of carbonyl (C=O) groups excluding carboxylic acids is 2. The molecule has 0 spiro atoms. The molecule has 0 aliphatic carbocycles. The summed E-state index contributed by atoms with van der Waals surface area (Å²) >= 11 is 0. The highest BCUT2D eigenvalue weighted by molar-refractivity contribution is 5.74. The summed E-state index contributed by atoms with van der Waals surface area (Å²) in [6.07, 6.45) is 2.16. The maximum atomic E-state index is 10.9. The minimum absolute atomic E-state index is 0.124. The molecule has 0 aromatic rings. The summed E-state index contributed by atoms with van der Waals surface area (Å²) in [4.78, 5) is 21.3. The van der Waals surface area contributed by atoms with Gasteiger partial charge in [-0.25, -0.2) is 0 Å². The monoisotopic (exact) mass is 187 g/mol. The van der Waals surface area contributed by atoms with Gasteiger partial charge in [0.05, 0.1) is 13.0 Å². The summed E-state index contributed by atoms with van der Waals surface area (Å²) in [5.41, 5.74) is 0. The molecule has 0 saturated heterocycles. The van der Waals surface area contributed by atoms with Crippen molar-refractivity contribution in [2.24, 2.45) is 0 Å². The van der Waals surface area contributed by atoms with Gasteiger partial charge in [0.15, 0.2) is 0 Å². The fraction of sp³-hybridized carbons (Fsp3) is 0.778. The fourth-order valence-electron chi connectivity index (χ4n) is 0.743. The maximum absolute atomic E-state index is 10.9. The van der Waals surface area contributed by atoms with Crippen molar-refractivity contribution in [2.45, 2.75) is 33.1 Å². The molecule has 1 amide bonds. The highest BCUT2D eigenvalue weighted by Crippen LogP contribution is 1.90. The smallest absolute Gasteiger partial charge is 0.307 e. The van der Waals surface area contributed by atoms with Gasteiger partial charge in [-0.2, -0.15) is 0 Å². The van der Waals surface area contributed by atoms with Gasteiger partial charge in [-0.05, 0) is 6.42 Å². The molecule has 0 aromatic carbocycles. The van der Waals surface area contributed by atoms with Crippen molar-refractivity contribution in [3.8, 4) is 0 Å². The Morgan fingerprint density at radius 3 is 2.62 bits per heavy atom. The van der Waals surface area contributed by atoms with Crippen LogP contribution in [0.25, 0.3) is 0 Å². The minimum atomic E-state index is -0.248. The Bertz CT molecular complexity index is 168. The topological polar surface area (TPSA) is 55.4 Å². The molecule has 0 aromatic heterocycles. The molecule has 76 valence electrons. The lowest BCUT2D eigenvalue weighted by atomic mass is 10.3. The molecule has 4 heteroatoms. The summed E-state index contributed by atoms with van der Waals surface area (Å²) in [7, 11) is 0. The predicted octanol–water partition coefficient (Wildman–Crippen LogP) is 0.856. The Labute approximate surface area is 78.6 Å². The first-order valence-electron chi connectivity index (χ1n) is 4.57. The molecular weight excluding hydrogens is 170 g/mol. The van der Waals surface area contributed by atoms with Crippen LogP contribution in [0.2, 0.25) is 0 Å². The van der Waals surface area contributed by atoms with Crippen molar-refractivity contribution in [3.05, 3.63) is 0 Å². The van der Waals surface area contributed by atoms with Gasteiger partial charge < -0.3 is 10.1 Å². The number of ether oxygens (including phenoxy) is 1. The van der Waals surface area contributed by atoms with Crippen molar-refractivity contribution in [1.29, 1.82) is 0 Å². The average Bonchev–Trinajstić information content (AvgIpc) is 2.04. The van der Waals surface area contributed by atoms with Crippen LogP contribution in [-0.2, 0) is 14.3 Å². The highest BCUT2D eigenvalue weighted by Gasteiger charge is 2.01. The number of amides is 1. The number of rotatable bonds is 6. The first-order valence-corrected chi connectivity index (χ1v) is 4.57. The summed E-state index contributed by atoms with van der Waals surface area (Å²) in [5.74, 6) is -0.372. The van der Waals surface area contributed by atoms with E-state index in [1.807, 2.05) is 6.92 Å². The third kappa shape index (κ3) is 8.85. The van der Waals surface area contributed by atoms with E-state index in [2.05, 4.69) is 5.32 Å². The normalized spacial score (nSPS) is 9.38. The lowest BCUT2D eigenvalue weighted by molar-refractivity contribution is -0.143. The molecule has 0 fully saturated rings. The second-order valence-corrected chi connectivity index (χ2v) is 2.81. The van der Waals surface area contributed by atoms with Crippen LogP contribution in [0, 0.1) is 0 Å². The van der Waals surface area contributed by atoms with Gasteiger partial charge in [0.25, 0.3) is 0 Å². The molecule has 0 aliphatic rings. The number of carbonyl (C=O) groups is 2. The molecule has 4 nitrogen and oxygen atoms in total. The standard InChI is InChI=1S/C9H17NO3/c1-3-4-7-13-9(12)5-6-10-8(2)11/h3-7H2,1-2H3,(H,10,11). The van der Waals surface area contributed by atoms with E-state index < -0.39 is 0 Å². The van der Waals surface area contributed by atoms with Gasteiger partial charge in [0.2, 0.25) is 5.91 Å². The van der Waals surface area contributed by atoms with Crippen LogP contribution in [0.15, 0.2) is 0 Å². The number of hydrogen-bond acceptors (Lipinski definition) is 3. The van der Waals surface area contributed by atoms with Crippen molar-refractivity contribution < 1.29 is 14.3 Å². The van der Waals surface area contributed by atoms with Gasteiger partial charge >= 0.3 is 5.97 Å². The Hall–Kier alpha value is -1.06. The lowest BCUT2D eigenvalue weighted by Gasteiger charge is -2.03. The second kappa shape index (κ2) is 7.58. The summed E-state index contributed by atoms with van der Waals surface area (Å²) in [6.45, 7) is 4.29. The van der Waals surface area contributed by atoms with E-state index in [-0.39, 0.29) is 18.3 Å². The van der Waals surface area contributed by atoms with Crippen LogP contribution >= 0.6 is 0 Å². The third-order valence-electron chi connectivity index (χ3n) is 1.46. The number of nitrogens with one attached hydrogen (secondary N) is 1. The molecule has 0 heterocycles. The van der Waals surface area contributed by atoms with E-state index in [0.29, 0.717) is 13.2 Å². The van der Waals surface area contributed by atoms with Crippen LogP contribution < -0.4 is 5.32 Å². The van der Waals surface area contributed by atoms with Gasteiger partial charge in [-0.1, -0.05) is 13.3 Å². The van der Waals surface area contributed by atoms with E-state index >= 15 is 0 Å². The van der Waals surface area contributed by atoms with Crippen LogP contribution in [0.1, 0.15) is 33.1 Å². The third-order valence-corrected chi connectivity index (χ3v) is 1.46. The van der Waals surface area contributed by atoms with Crippen LogP contribution in [0.5, 0.6) is 0 Å². The molecule has 1 N–H and O–H groups in total. The largest absolute Gasteiger partial charge is 0.466 e. The SMILES string of the molecule is CCCCOC(=O)CCNC(C)=O. The van der Waals surface area contributed by atoms with Crippen molar-refractivity contribution in [1.82, 2.24) is 5.32 Å². The summed E-state index contributed by atoms with van der Waals surface area (Å²) in [5, 5.41) is 2.53. The fourth-order valence-corrected chi connectivity index (χ4v) is 0.743. The zero-order chi connectivity index (χ0) is 10.1. The van der Waals surface area contributed by atoms with Crippen molar-refractivity contribution >= 4 is 11.9 Å². The number of unbranched alkanes of at least 4 members (excludes halogenated alkanes) is 1. The molecule has 0 saturated carbocycles. The lowest BCUT2D eigenvalue weighted by Crippen LogP contribution is -2.23. The van der Waals surface area contributed by atoms with Crippen molar-refractivity contribution in [3.63, 3.8) is 0 Å². The Morgan fingerprint density at radius 2 is 2.08 bits per heavy atom. The van der Waals surface area contributed by atoms with Gasteiger partial charge in [0, 0.05) is 13.5 Å².